The minimum atomic E-state index is 0.771. The SMILES string of the molecule is Cn1nc[n+]2cc3ccccc3c(N)c12. The summed E-state index contributed by atoms with van der Waals surface area (Å²) < 4.78 is 3.72. The summed E-state index contributed by atoms with van der Waals surface area (Å²) in [6, 6.07) is 8.07. The minimum Gasteiger partial charge on any atom is -0.393 e. The molecule has 0 unspecified atom stereocenters. The van der Waals surface area contributed by atoms with Gasteiger partial charge < -0.3 is 5.73 Å². The number of pyridine rings is 1. The van der Waals surface area contributed by atoms with Crippen LogP contribution >= 0.6 is 0 Å². The van der Waals surface area contributed by atoms with Gasteiger partial charge in [-0.05, 0) is 0 Å². The van der Waals surface area contributed by atoms with Crippen molar-refractivity contribution in [1.29, 1.82) is 0 Å². The number of fused-ring (bicyclic) bond motifs is 2. The summed E-state index contributed by atoms with van der Waals surface area (Å²) in [6.07, 6.45) is 3.80. The first-order chi connectivity index (χ1) is 7.27. The van der Waals surface area contributed by atoms with Crippen LogP contribution in [0.5, 0.6) is 0 Å². The fraction of sp³-hybridized carbons (Fsp3) is 0.0909. The number of rotatable bonds is 0. The van der Waals surface area contributed by atoms with Gasteiger partial charge in [-0.2, -0.15) is 0 Å². The Morgan fingerprint density at radius 3 is 3.00 bits per heavy atom. The molecule has 0 aliphatic heterocycles. The molecule has 0 aliphatic rings. The monoisotopic (exact) mass is 199 g/mol. The molecule has 4 heteroatoms. The molecule has 1 aromatic carbocycles. The van der Waals surface area contributed by atoms with Crippen LogP contribution < -0.4 is 10.1 Å². The zero-order chi connectivity index (χ0) is 10.4. The third kappa shape index (κ3) is 1.01. The molecule has 3 rings (SSSR count). The molecule has 0 bridgehead atoms. The molecule has 0 radical (unpaired) electrons. The zero-order valence-electron chi connectivity index (χ0n) is 8.38. The summed E-state index contributed by atoms with van der Waals surface area (Å²) in [6.45, 7) is 0. The number of aromatic nitrogens is 3. The third-order valence-corrected chi connectivity index (χ3v) is 2.67. The molecule has 2 N–H and O–H groups in total. The van der Waals surface area contributed by atoms with Crippen molar-refractivity contribution in [2.45, 2.75) is 0 Å². The lowest BCUT2D eigenvalue weighted by atomic mass is 10.1. The molecule has 4 nitrogen and oxygen atoms in total. The van der Waals surface area contributed by atoms with E-state index < -0.39 is 0 Å². The molecule has 0 amide bonds. The molecule has 2 heterocycles. The standard InChI is InChI=1S/C11H11N4/c1-14-11-10(12)9-5-3-2-4-8(9)6-15(11)7-13-14/h2-7H,12H2,1H3/q+1. The van der Waals surface area contributed by atoms with E-state index in [1.807, 2.05) is 41.9 Å². The summed E-state index contributed by atoms with van der Waals surface area (Å²) in [5.74, 6) is 0. The van der Waals surface area contributed by atoms with Crippen LogP contribution in [-0.4, -0.2) is 9.78 Å². The highest BCUT2D eigenvalue weighted by molar-refractivity contribution is 5.96. The maximum absolute atomic E-state index is 6.12. The molecule has 0 atom stereocenters. The fourth-order valence-corrected chi connectivity index (χ4v) is 1.94. The maximum atomic E-state index is 6.12. The van der Waals surface area contributed by atoms with Crippen molar-refractivity contribution in [2.75, 3.05) is 5.73 Å². The minimum absolute atomic E-state index is 0.771. The van der Waals surface area contributed by atoms with Crippen molar-refractivity contribution in [3.63, 3.8) is 0 Å². The number of anilines is 1. The Morgan fingerprint density at radius 2 is 2.13 bits per heavy atom. The van der Waals surface area contributed by atoms with Gasteiger partial charge in [0.2, 0.25) is 0 Å². The number of hydrogen-bond acceptors (Lipinski definition) is 2. The predicted octanol–water partition coefficient (Wildman–Crippen LogP) is 0.894. The lowest BCUT2D eigenvalue weighted by Crippen LogP contribution is -2.20. The molecular weight excluding hydrogens is 188 g/mol. The molecule has 0 fully saturated rings. The Kier molecular flexibility index (Phi) is 1.48. The zero-order valence-corrected chi connectivity index (χ0v) is 8.38. The Morgan fingerprint density at radius 1 is 1.33 bits per heavy atom. The van der Waals surface area contributed by atoms with Gasteiger partial charge in [-0.15, -0.1) is 4.68 Å². The van der Waals surface area contributed by atoms with Gasteiger partial charge in [0.15, 0.2) is 0 Å². The van der Waals surface area contributed by atoms with Crippen LogP contribution in [0.3, 0.4) is 0 Å². The van der Waals surface area contributed by atoms with Crippen molar-refractivity contribution in [2.24, 2.45) is 7.05 Å². The van der Waals surface area contributed by atoms with E-state index >= 15 is 0 Å². The Labute approximate surface area is 86.6 Å². The first kappa shape index (κ1) is 8.23. The number of benzene rings is 1. The second-order valence-electron chi connectivity index (χ2n) is 3.62. The highest BCUT2D eigenvalue weighted by Gasteiger charge is 2.13. The van der Waals surface area contributed by atoms with Crippen molar-refractivity contribution in [1.82, 2.24) is 9.78 Å². The first-order valence-corrected chi connectivity index (χ1v) is 4.77. The number of aryl methyl sites for hydroxylation is 1. The number of nitrogen functional groups attached to an aromatic ring is 1. The van der Waals surface area contributed by atoms with E-state index in [4.69, 9.17) is 5.73 Å². The van der Waals surface area contributed by atoms with E-state index in [1.165, 1.54) is 0 Å². The van der Waals surface area contributed by atoms with Crippen molar-refractivity contribution in [3.8, 4) is 0 Å². The molecular formula is C11H11N4+. The fourth-order valence-electron chi connectivity index (χ4n) is 1.94. The van der Waals surface area contributed by atoms with Crippen LogP contribution in [0, 0.1) is 0 Å². The van der Waals surface area contributed by atoms with E-state index in [0.717, 1.165) is 22.1 Å². The van der Waals surface area contributed by atoms with Crippen molar-refractivity contribution < 1.29 is 4.40 Å². The molecule has 0 saturated carbocycles. The Hall–Kier alpha value is -2.10. The summed E-state index contributed by atoms with van der Waals surface area (Å²) in [4.78, 5) is 0. The smallest absolute Gasteiger partial charge is 0.288 e. The Balaban J connectivity index is 2.62. The van der Waals surface area contributed by atoms with Crippen molar-refractivity contribution in [3.05, 3.63) is 36.8 Å². The van der Waals surface area contributed by atoms with Gasteiger partial charge in [0.25, 0.3) is 12.0 Å². The highest BCUT2D eigenvalue weighted by atomic mass is 15.3. The van der Waals surface area contributed by atoms with Crippen LogP contribution in [0.1, 0.15) is 0 Å². The molecule has 0 spiro atoms. The highest BCUT2D eigenvalue weighted by Crippen LogP contribution is 2.21. The van der Waals surface area contributed by atoms with E-state index in [-0.39, 0.29) is 0 Å². The predicted molar refractivity (Wildman–Crippen MR) is 58.3 cm³/mol. The molecule has 74 valence electrons. The quantitative estimate of drug-likeness (QED) is 0.547. The summed E-state index contributed by atoms with van der Waals surface area (Å²) in [7, 11) is 1.89. The van der Waals surface area contributed by atoms with Crippen LogP contribution in [0.4, 0.5) is 5.69 Å². The normalized spacial score (nSPS) is 11.3. The van der Waals surface area contributed by atoms with Gasteiger partial charge >= 0.3 is 0 Å². The number of nitrogens with zero attached hydrogens (tertiary/aromatic N) is 3. The topological polar surface area (TPSA) is 47.9 Å². The average Bonchev–Trinajstić information content (AvgIpc) is 2.61. The second-order valence-corrected chi connectivity index (χ2v) is 3.62. The largest absolute Gasteiger partial charge is 0.393 e. The Bertz CT molecular complexity index is 654. The van der Waals surface area contributed by atoms with Gasteiger partial charge in [0.05, 0.1) is 13.2 Å². The summed E-state index contributed by atoms with van der Waals surface area (Å²) in [5, 5.41) is 6.38. The maximum Gasteiger partial charge on any atom is 0.288 e. The van der Waals surface area contributed by atoms with E-state index in [2.05, 4.69) is 5.10 Å². The van der Waals surface area contributed by atoms with Gasteiger partial charge in [-0.3, -0.25) is 0 Å². The van der Waals surface area contributed by atoms with Crippen molar-refractivity contribution >= 4 is 22.1 Å². The third-order valence-electron chi connectivity index (χ3n) is 2.67. The van der Waals surface area contributed by atoms with E-state index in [0.29, 0.717) is 0 Å². The van der Waals surface area contributed by atoms with Crippen LogP contribution in [0.15, 0.2) is 36.8 Å². The van der Waals surface area contributed by atoms with Crippen LogP contribution in [-0.2, 0) is 7.05 Å². The number of nitrogens with two attached hydrogens (primary N) is 1. The van der Waals surface area contributed by atoms with E-state index in [9.17, 15) is 0 Å². The van der Waals surface area contributed by atoms with Crippen LogP contribution in [0.25, 0.3) is 16.4 Å². The lowest BCUT2D eigenvalue weighted by molar-refractivity contribution is -0.510. The second kappa shape index (κ2) is 2.70. The molecule has 15 heavy (non-hydrogen) atoms. The summed E-state index contributed by atoms with van der Waals surface area (Å²) in [5.41, 5.74) is 7.81. The molecule has 3 aromatic rings. The van der Waals surface area contributed by atoms with Gasteiger partial charge in [-0.25, -0.2) is 4.40 Å². The van der Waals surface area contributed by atoms with E-state index in [1.54, 1.807) is 11.0 Å². The van der Waals surface area contributed by atoms with Crippen LogP contribution in [0.2, 0.25) is 0 Å². The molecule has 0 aliphatic carbocycles. The molecule has 0 saturated heterocycles. The van der Waals surface area contributed by atoms with Gasteiger partial charge in [-0.1, -0.05) is 24.3 Å². The molecule has 2 aromatic heterocycles. The summed E-state index contributed by atoms with van der Waals surface area (Å²) >= 11 is 0. The number of hydrogen-bond donors (Lipinski definition) is 1. The lowest BCUT2D eigenvalue weighted by Gasteiger charge is -2.00. The average molecular weight is 199 g/mol. The van der Waals surface area contributed by atoms with Gasteiger partial charge in [0, 0.05) is 15.9 Å². The first-order valence-electron chi connectivity index (χ1n) is 4.77. The van der Waals surface area contributed by atoms with Gasteiger partial charge in [0.1, 0.15) is 5.69 Å².